The lowest BCUT2D eigenvalue weighted by Gasteiger charge is -2.28. The highest BCUT2D eigenvalue weighted by Gasteiger charge is 2.30. The molecular formula is C19H32N2O4. The first-order valence-corrected chi connectivity index (χ1v) is 9.25. The molecule has 0 aliphatic carbocycles. The van der Waals surface area contributed by atoms with Crippen LogP contribution in [-0.2, 0) is 14.4 Å². The molecule has 0 saturated heterocycles. The van der Waals surface area contributed by atoms with Crippen LogP contribution >= 0.6 is 0 Å². The Morgan fingerprint density at radius 3 is 2.48 bits per heavy atom. The highest BCUT2D eigenvalue weighted by Crippen LogP contribution is 2.16. The summed E-state index contributed by atoms with van der Waals surface area (Å²) in [5.74, 6) is -2.08. The average Bonchev–Trinajstić information content (AvgIpc) is 2.54. The van der Waals surface area contributed by atoms with Gasteiger partial charge in [0.1, 0.15) is 6.04 Å². The summed E-state index contributed by atoms with van der Waals surface area (Å²) in [4.78, 5) is 38.0. The van der Waals surface area contributed by atoms with Crippen molar-refractivity contribution in [2.75, 3.05) is 13.6 Å². The Bertz CT molecular complexity index is 488. The highest BCUT2D eigenvalue weighted by molar-refractivity contribution is 5.90. The lowest BCUT2D eigenvalue weighted by Crippen LogP contribution is -2.52. The van der Waals surface area contributed by atoms with Gasteiger partial charge in [0, 0.05) is 19.5 Å². The molecule has 0 saturated carbocycles. The number of carbonyl (C=O) groups excluding carboxylic acids is 2. The van der Waals surface area contributed by atoms with Crippen molar-refractivity contribution in [1.82, 2.24) is 10.2 Å². The van der Waals surface area contributed by atoms with E-state index in [4.69, 9.17) is 5.11 Å². The number of rotatable bonds is 3. The van der Waals surface area contributed by atoms with Crippen molar-refractivity contribution < 1.29 is 19.5 Å². The van der Waals surface area contributed by atoms with E-state index < -0.39 is 17.9 Å². The van der Waals surface area contributed by atoms with Gasteiger partial charge in [-0.1, -0.05) is 26.0 Å². The van der Waals surface area contributed by atoms with Crippen LogP contribution in [0.15, 0.2) is 12.2 Å². The molecule has 0 fully saturated rings. The molecule has 1 rings (SSSR count). The van der Waals surface area contributed by atoms with Crippen LogP contribution in [0.4, 0.5) is 0 Å². The molecule has 1 aliphatic heterocycles. The van der Waals surface area contributed by atoms with Gasteiger partial charge in [-0.3, -0.25) is 14.4 Å². The van der Waals surface area contributed by atoms with Crippen molar-refractivity contribution in [2.45, 2.75) is 64.8 Å². The molecule has 25 heavy (non-hydrogen) atoms. The van der Waals surface area contributed by atoms with Gasteiger partial charge in [-0.2, -0.15) is 0 Å². The molecule has 6 heteroatoms. The van der Waals surface area contributed by atoms with E-state index in [0.29, 0.717) is 13.0 Å². The van der Waals surface area contributed by atoms with Crippen LogP contribution in [0.25, 0.3) is 0 Å². The lowest BCUT2D eigenvalue weighted by atomic mass is 9.95. The van der Waals surface area contributed by atoms with Crippen LogP contribution in [0, 0.1) is 11.8 Å². The van der Waals surface area contributed by atoms with Gasteiger partial charge < -0.3 is 15.3 Å². The van der Waals surface area contributed by atoms with E-state index >= 15 is 0 Å². The highest BCUT2D eigenvalue weighted by atomic mass is 16.4. The number of aliphatic carboxylic acids is 1. The molecule has 0 aromatic rings. The molecule has 0 aromatic carbocycles. The number of nitrogens with zero attached hydrogens (tertiary/aromatic N) is 1. The van der Waals surface area contributed by atoms with Crippen molar-refractivity contribution in [3.05, 3.63) is 12.2 Å². The Hall–Kier alpha value is -1.85. The van der Waals surface area contributed by atoms with E-state index in [1.165, 1.54) is 0 Å². The maximum Gasteiger partial charge on any atom is 0.304 e. The van der Waals surface area contributed by atoms with Gasteiger partial charge in [0.2, 0.25) is 11.8 Å². The second-order valence-electron chi connectivity index (χ2n) is 7.18. The SMILES string of the molecule is CC(C)[C@@H]1NC(=O)[C@@H](CC(=O)O)CCC/C=C/CCCCN(C)C1=O. The summed E-state index contributed by atoms with van der Waals surface area (Å²) >= 11 is 0. The maximum absolute atomic E-state index is 12.7. The molecule has 2 N–H and O–H groups in total. The number of carbonyl (C=O) groups is 3. The van der Waals surface area contributed by atoms with Gasteiger partial charge in [-0.25, -0.2) is 0 Å². The molecule has 2 amide bonds. The first-order valence-electron chi connectivity index (χ1n) is 9.25. The van der Waals surface area contributed by atoms with Gasteiger partial charge >= 0.3 is 5.97 Å². The van der Waals surface area contributed by atoms with Gasteiger partial charge in [0.05, 0.1) is 6.42 Å². The van der Waals surface area contributed by atoms with Gasteiger partial charge in [0.25, 0.3) is 0 Å². The number of hydrogen-bond donors (Lipinski definition) is 2. The Morgan fingerprint density at radius 2 is 1.88 bits per heavy atom. The summed E-state index contributed by atoms with van der Waals surface area (Å²) < 4.78 is 0. The third-order valence-electron chi connectivity index (χ3n) is 4.60. The van der Waals surface area contributed by atoms with Crippen molar-refractivity contribution in [1.29, 1.82) is 0 Å². The molecular weight excluding hydrogens is 320 g/mol. The first kappa shape index (κ1) is 21.2. The molecule has 1 aliphatic rings. The third-order valence-corrected chi connectivity index (χ3v) is 4.60. The molecule has 2 atom stereocenters. The maximum atomic E-state index is 12.7. The van der Waals surface area contributed by atoms with Crippen LogP contribution in [0.2, 0.25) is 0 Å². The zero-order valence-corrected chi connectivity index (χ0v) is 15.7. The number of amides is 2. The number of carboxylic acids is 1. The first-order chi connectivity index (χ1) is 11.8. The van der Waals surface area contributed by atoms with E-state index in [-0.39, 0.29) is 24.2 Å². The topological polar surface area (TPSA) is 86.7 Å². The van der Waals surface area contributed by atoms with E-state index in [9.17, 15) is 14.4 Å². The summed E-state index contributed by atoms with van der Waals surface area (Å²) in [6.45, 7) is 4.44. The van der Waals surface area contributed by atoms with E-state index in [2.05, 4.69) is 17.5 Å². The fourth-order valence-corrected chi connectivity index (χ4v) is 3.00. The Morgan fingerprint density at radius 1 is 1.24 bits per heavy atom. The zero-order chi connectivity index (χ0) is 18.8. The number of likely N-dealkylation sites (N-methyl/N-ethyl adjacent to an activating group) is 1. The van der Waals surface area contributed by atoms with Crippen molar-refractivity contribution >= 4 is 17.8 Å². The average molecular weight is 352 g/mol. The van der Waals surface area contributed by atoms with Crippen molar-refractivity contribution in [2.24, 2.45) is 11.8 Å². The molecule has 6 nitrogen and oxygen atoms in total. The third kappa shape index (κ3) is 7.71. The monoisotopic (exact) mass is 352 g/mol. The number of hydrogen-bond acceptors (Lipinski definition) is 3. The Balaban J connectivity index is 2.93. The van der Waals surface area contributed by atoms with E-state index in [0.717, 1.165) is 32.1 Å². The second kappa shape index (κ2) is 10.9. The zero-order valence-electron chi connectivity index (χ0n) is 15.7. The predicted octanol–water partition coefficient (Wildman–Crippen LogP) is 2.59. The molecule has 0 aromatic heterocycles. The fraction of sp³-hybridized carbons (Fsp3) is 0.737. The van der Waals surface area contributed by atoms with Gasteiger partial charge in [-0.15, -0.1) is 0 Å². The minimum atomic E-state index is -0.988. The molecule has 0 unspecified atom stereocenters. The minimum absolute atomic E-state index is 0.0540. The summed E-state index contributed by atoms with van der Waals surface area (Å²) in [6, 6.07) is -0.614. The predicted molar refractivity (Wildman–Crippen MR) is 97.0 cm³/mol. The molecule has 1 heterocycles. The smallest absolute Gasteiger partial charge is 0.304 e. The van der Waals surface area contributed by atoms with Gasteiger partial charge in [-0.05, 0) is 44.4 Å². The summed E-state index contributed by atoms with van der Waals surface area (Å²) in [6.07, 6.45) is 9.07. The van der Waals surface area contributed by atoms with Crippen molar-refractivity contribution in [3.63, 3.8) is 0 Å². The number of allylic oxidation sites excluding steroid dienone is 2. The van der Waals surface area contributed by atoms with Crippen LogP contribution in [0.5, 0.6) is 0 Å². The van der Waals surface area contributed by atoms with E-state index in [1.54, 1.807) is 11.9 Å². The summed E-state index contributed by atoms with van der Waals surface area (Å²) in [7, 11) is 1.76. The van der Waals surface area contributed by atoms with Crippen LogP contribution < -0.4 is 5.32 Å². The molecule has 0 radical (unpaired) electrons. The van der Waals surface area contributed by atoms with Crippen LogP contribution in [0.3, 0.4) is 0 Å². The Kier molecular flexibility index (Phi) is 9.24. The van der Waals surface area contributed by atoms with Crippen molar-refractivity contribution in [3.8, 4) is 0 Å². The minimum Gasteiger partial charge on any atom is -0.481 e. The van der Waals surface area contributed by atoms with E-state index in [1.807, 2.05) is 13.8 Å². The summed E-state index contributed by atoms with van der Waals surface area (Å²) in [5, 5.41) is 11.9. The largest absolute Gasteiger partial charge is 0.481 e. The molecule has 0 spiro atoms. The normalized spacial score (nSPS) is 25.8. The molecule has 142 valence electrons. The number of nitrogens with one attached hydrogen (secondary N) is 1. The fourth-order valence-electron chi connectivity index (χ4n) is 3.00. The summed E-state index contributed by atoms with van der Waals surface area (Å²) in [5.41, 5.74) is 0. The van der Waals surface area contributed by atoms with Gasteiger partial charge in [0.15, 0.2) is 0 Å². The molecule has 0 bridgehead atoms. The van der Waals surface area contributed by atoms with Crippen LogP contribution in [-0.4, -0.2) is 47.4 Å². The number of carboxylic acid groups (broad SMARTS) is 1. The Labute approximate surface area is 150 Å². The lowest BCUT2D eigenvalue weighted by molar-refractivity contribution is -0.142. The standard InChI is InChI=1S/C19H32N2O4/c1-14(2)17-19(25)21(3)12-10-8-6-4-5-7-9-11-15(13-16(22)23)18(24)20-17/h4-5,14-15,17H,6-13H2,1-3H3,(H,20,24)(H,22,23)/b5-4+/t15-,17+/m1/s1. The quantitative estimate of drug-likeness (QED) is 0.764. The second-order valence-corrected chi connectivity index (χ2v) is 7.18. The van der Waals surface area contributed by atoms with Crippen LogP contribution in [0.1, 0.15) is 58.8 Å².